The predicted molar refractivity (Wildman–Crippen MR) is 151 cm³/mol. The molecule has 2 nitrogen and oxygen atoms in total. The molecule has 5 rings (SSSR count). The molecule has 0 N–H and O–H groups in total. The number of hydrogen-bond acceptors (Lipinski definition) is 2. The molecule has 0 atom stereocenters. The summed E-state index contributed by atoms with van der Waals surface area (Å²) >= 11 is 0. The summed E-state index contributed by atoms with van der Waals surface area (Å²) in [5, 5.41) is 0. The average molecular weight is 465 g/mol. The highest BCUT2D eigenvalue weighted by atomic mass is 14.7. The van der Waals surface area contributed by atoms with E-state index >= 15 is 0 Å². The molecule has 0 aliphatic rings. The molecule has 2 heterocycles. The van der Waals surface area contributed by atoms with Gasteiger partial charge in [0.1, 0.15) is 0 Å². The maximum absolute atomic E-state index is 4.70. The van der Waals surface area contributed by atoms with Crippen LogP contribution in [-0.4, -0.2) is 9.97 Å². The summed E-state index contributed by atoms with van der Waals surface area (Å²) in [6.45, 7) is 4.36. The highest BCUT2D eigenvalue weighted by Gasteiger charge is 2.13. The molecule has 174 valence electrons. The van der Waals surface area contributed by atoms with Crippen molar-refractivity contribution < 1.29 is 0 Å². The molecule has 0 saturated carbocycles. The quantitative estimate of drug-likeness (QED) is 0.236. The van der Waals surface area contributed by atoms with E-state index in [1.165, 1.54) is 16.7 Å². The van der Waals surface area contributed by atoms with Crippen molar-refractivity contribution in [3.05, 3.63) is 166 Å². The molecule has 5 aromatic rings. The van der Waals surface area contributed by atoms with Gasteiger partial charge in [-0.2, -0.15) is 0 Å². The molecule has 0 saturated heterocycles. The molecular weight excluding hydrogens is 436 g/mol. The van der Waals surface area contributed by atoms with Gasteiger partial charge in [-0.1, -0.05) is 84.9 Å². The first kappa shape index (κ1) is 23.2. The standard InChI is InChI=1S/C34H28N2/c1-25-19-20-29(23-31(27-13-5-3-6-14-27)33-17-9-11-21-35-33)30(26(25)2)24-32(28-15-7-4-8-16-28)34-18-10-12-22-36-34/h3-24H,1-2H3. The molecule has 0 bridgehead atoms. The van der Waals surface area contributed by atoms with E-state index in [-0.39, 0.29) is 0 Å². The van der Waals surface area contributed by atoms with Crippen molar-refractivity contribution in [2.24, 2.45) is 0 Å². The van der Waals surface area contributed by atoms with Gasteiger partial charge in [-0.05, 0) is 83.6 Å². The number of hydrogen-bond donors (Lipinski definition) is 0. The number of pyridine rings is 2. The molecule has 0 aliphatic carbocycles. The fourth-order valence-electron chi connectivity index (χ4n) is 4.37. The van der Waals surface area contributed by atoms with Crippen LogP contribution in [0.4, 0.5) is 0 Å². The summed E-state index contributed by atoms with van der Waals surface area (Å²) in [6.07, 6.45) is 8.25. The molecule has 0 unspecified atom stereocenters. The maximum Gasteiger partial charge on any atom is 0.0708 e. The van der Waals surface area contributed by atoms with Crippen molar-refractivity contribution in [2.75, 3.05) is 0 Å². The number of benzene rings is 3. The number of aryl methyl sites for hydroxylation is 1. The fraction of sp³-hybridized carbons (Fsp3) is 0.0588. The smallest absolute Gasteiger partial charge is 0.0708 e. The van der Waals surface area contributed by atoms with Crippen LogP contribution >= 0.6 is 0 Å². The van der Waals surface area contributed by atoms with Crippen molar-refractivity contribution in [1.82, 2.24) is 9.97 Å². The van der Waals surface area contributed by atoms with Gasteiger partial charge in [-0.3, -0.25) is 9.97 Å². The van der Waals surface area contributed by atoms with Crippen LogP contribution in [0.15, 0.2) is 122 Å². The van der Waals surface area contributed by atoms with E-state index in [0.29, 0.717) is 0 Å². The fourth-order valence-corrected chi connectivity index (χ4v) is 4.37. The molecule has 3 aromatic carbocycles. The Morgan fingerprint density at radius 1 is 0.528 bits per heavy atom. The van der Waals surface area contributed by atoms with Gasteiger partial charge < -0.3 is 0 Å². The minimum atomic E-state index is 0.949. The van der Waals surface area contributed by atoms with E-state index in [4.69, 9.17) is 4.98 Å². The number of nitrogens with zero attached hydrogens (tertiary/aromatic N) is 2. The highest BCUT2D eigenvalue weighted by molar-refractivity contribution is 5.96. The largest absolute Gasteiger partial charge is 0.256 e. The number of aromatic nitrogens is 2. The zero-order valence-corrected chi connectivity index (χ0v) is 20.6. The second-order valence-corrected chi connectivity index (χ2v) is 8.79. The maximum atomic E-state index is 4.70. The van der Waals surface area contributed by atoms with Crippen molar-refractivity contribution >= 4 is 23.3 Å². The number of rotatable bonds is 6. The van der Waals surface area contributed by atoms with Gasteiger partial charge in [0.2, 0.25) is 0 Å². The SMILES string of the molecule is Cc1ccc(C=C(c2ccccc2)c2ccccn2)c(C=C(c2ccccc2)c2ccccn2)c1C. The van der Waals surface area contributed by atoms with Crippen molar-refractivity contribution in [2.45, 2.75) is 13.8 Å². The molecule has 36 heavy (non-hydrogen) atoms. The molecule has 0 amide bonds. The van der Waals surface area contributed by atoms with E-state index in [9.17, 15) is 0 Å². The van der Waals surface area contributed by atoms with Crippen LogP contribution in [0.2, 0.25) is 0 Å². The minimum absolute atomic E-state index is 0.949. The Morgan fingerprint density at radius 3 is 1.53 bits per heavy atom. The second-order valence-electron chi connectivity index (χ2n) is 8.79. The lowest BCUT2D eigenvalue weighted by Gasteiger charge is -2.15. The van der Waals surface area contributed by atoms with Crippen molar-refractivity contribution in [3.63, 3.8) is 0 Å². The van der Waals surface area contributed by atoms with Crippen LogP contribution in [0.25, 0.3) is 23.3 Å². The first-order valence-corrected chi connectivity index (χ1v) is 12.2. The summed E-state index contributed by atoms with van der Waals surface area (Å²) in [7, 11) is 0. The zero-order valence-electron chi connectivity index (χ0n) is 20.6. The van der Waals surface area contributed by atoms with Gasteiger partial charge in [0.05, 0.1) is 11.4 Å². The molecule has 0 aliphatic heterocycles. The Balaban J connectivity index is 1.76. The third kappa shape index (κ3) is 5.08. The third-order valence-electron chi connectivity index (χ3n) is 6.46. The molecule has 0 spiro atoms. The van der Waals surface area contributed by atoms with Crippen LogP contribution in [0, 0.1) is 13.8 Å². The second kappa shape index (κ2) is 10.8. The normalized spacial score (nSPS) is 11.9. The first-order valence-electron chi connectivity index (χ1n) is 12.2. The van der Waals surface area contributed by atoms with Gasteiger partial charge in [-0.15, -0.1) is 0 Å². The topological polar surface area (TPSA) is 25.8 Å². The van der Waals surface area contributed by atoms with Crippen LogP contribution < -0.4 is 0 Å². The Hall–Kier alpha value is -4.56. The van der Waals surface area contributed by atoms with E-state index < -0.39 is 0 Å². The van der Waals surface area contributed by atoms with Crippen molar-refractivity contribution in [3.8, 4) is 0 Å². The average Bonchev–Trinajstić information content (AvgIpc) is 2.95. The lowest BCUT2D eigenvalue weighted by molar-refractivity contribution is 1.27. The lowest BCUT2D eigenvalue weighted by Crippen LogP contribution is -1.97. The van der Waals surface area contributed by atoms with Crippen LogP contribution in [-0.2, 0) is 0 Å². The van der Waals surface area contributed by atoms with E-state index in [2.05, 4.69) is 104 Å². The third-order valence-corrected chi connectivity index (χ3v) is 6.46. The van der Waals surface area contributed by atoms with Gasteiger partial charge in [0.25, 0.3) is 0 Å². The molecule has 2 aromatic heterocycles. The van der Waals surface area contributed by atoms with Gasteiger partial charge >= 0.3 is 0 Å². The van der Waals surface area contributed by atoms with Crippen LogP contribution in [0.5, 0.6) is 0 Å². The zero-order chi connectivity index (χ0) is 24.7. The van der Waals surface area contributed by atoms with Crippen LogP contribution in [0.1, 0.15) is 44.8 Å². The van der Waals surface area contributed by atoms with Crippen LogP contribution in [0.3, 0.4) is 0 Å². The molecule has 0 fully saturated rings. The molecule has 2 heteroatoms. The molecular formula is C34H28N2. The summed E-state index contributed by atoms with van der Waals surface area (Å²) in [5.41, 5.74) is 11.2. The Kier molecular flexibility index (Phi) is 6.95. The van der Waals surface area contributed by atoms with E-state index in [0.717, 1.165) is 39.2 Å². The van der Waals surface area contributed by atoms with Gasteiger partial charge in [0.15, 0.2) is 0 Å². The Bertz CT molecular complexity index is 1420. The predicted octanol–water partition coefficient (Wildman–Crippen LogP) is 8.27. The van der Waals surface area contributed by atoms with Crippen molar-refractivity contribution in [1.29, 1.82) is 0 Å². The van der Waals surface area contributed by atoms with Gasteiger partial charge in [-0.25, -0.2) is 0 Å². The summed E-state index contributed by atoms with van der Waals surface area (Å²) in [6, 6.07) is 37.5. The van der Waals surface area contributed by atoms with E-state index in [1.807, 2.05) is 48.8 Å². The first-order chi connectivity index (χ1) is 17.7. The van der Waals surface area contributed by atoms with Gasteiger partial charge in [0, 0.05) is 23.5 Å². The monoisotopic (exact) mass is 464 g/mol. The molecule has 0 radical (unpaired) electrons. The Morgan fingerprint density at radius 2 is 1.03 bits per heavy atom. The highest BCUT2D eigenvalue weighted by Crippen LogP contribution is 2.32. The summed E-state index contributed by atoms with van der Waals surface area (Å²) in [4.78, 5) is 9.38. The minimum Gasteiger partial charge on any atom is -0.256 e. The summed E-state index contributed by atoms with van der Waals surface area (Å²) in [5.74, 6) is 0. The Labute approximate surface area is 213 Å². The van der Waals surface area contributed by atoms with E-state index in [1.54, 1.807) is 0 Å². The summed E-state index contributed by atoms with van der Waals surface area (Å²) < 4.78 is 0. The lowest BCUT2D eigenvalue weighted by atomic mass is 9.90.